The van der Waals surface area contributed by atoms with Crippen molar-refractivity contribution in [3.05, 3.63) is 54.1 Å². The van der Waals surface area contributed by atoms with Crippen LogP contribution in [-0.2, 0) is 9.59 Å². The SMILES string of the molecule is CCN1CCN(c2ccc(NC(=O)C3=NN(c4ccccc4)C(C(C)=O)C3)c(C)c2)CC1. The number of anilines is 3. The minimum atomic E-state index is -0.455. The van der Waals surface area contributed by atoms with Crippen LogP contribution in [0.3, 0.4) is 0 Å². The van der Waals surface area contributed by atoms with E-state index in [1.165, 1.54) is 5.69 Å². The fourth-order valence-electron chi connectivity index (χ4n) is 4.28. The van der Waals surface area contributed by atoms with E-state index in [4.69, 9.17) is 0 Å². The summed E-state index contributed by atoms with van der Waals surface area (Å²) in [5.74, 6) is -0.272. The van der Waals surface area contributed by atoms with Gasteiger partial charge < -0.3 is 15.1 Å². The topological polar surface area (TPSA) is 68.2 Å². The van der Waals surface area contributed by atoms with E-state index in [0.29, 0.717) is 12.1 Å². The molecule has 1 N–H and O–H groups in total. The molecule has 2 aliphatic heterocycles. The Morgan fingerprint density at radius 2 is 1.75 bits per heavy atom. The summed E-state index contributed by atoms with van der Waals surface area (Å²) < 4.78 is 0. The smallest absolute Gasteiger partial charge is 0.271 e. The Bertz CT molecular complexity index is 1010. The van der Waals surface area contributed by atoms with Crippen molar-refractivity contribution in [3.63, 3.8) is 0 Å². The second kappa shape index (κ2) is 9.53. The number of aryl methyl sites for hydroxylation is 1. The van der Waals surface area contributed by atoms with Gasteiger partial charge in [0.05, 0.1) is 5.69 Å². The maximum Gasteiger partial charge on any atom is 0.271 e. The summed E-state index contributed by atoms with van der Waals surface area (Å²) in [5, 5.41) is 9.15. The number of carbonyl (C=O) groups is 2. The molecule has 0 aliphatic carbocycles. The van der Waals surface area contributed by atoms with Gasteiger partial charge in [-0.25, -0.2) is 0 Å². The minimum Gasteiger partial charge on any atom is -0.369 e. The Hall–Kier alpha value is -3.19. The molecule has 7 nitrogen and oxygen atoms in total. The van der Waals surface area contributed by atoms with Crippen molar-refractivity contribution in [2.75, 3.05) is 47.9 Å². The highest BCUT2D eigenvalue weighted by Gasteiger charge is 2.34. The first-order valence-electron chi connectivity index (χ1n) is 11.3. The number of amides is 1. The number of hydrogen-bond acceptors (Lipinski definition) is 6. The van der Waals surface area contributed by atoms with Gasteiger partial charge in [0.25, 0.3) is 5.91 Å². The highest BCUT2D eigenvalue weighted by atomic mass is 16.2. The van der Waals surface area contributed by atoms with Gasteiger partial charge in [0.1, 0.15) is 11.8 Å². The molecule has 2 aromatic rings. The number of nitrogens with zero attached hydrogens (tertiary/aromatic N) is 4. The molecule has 32 heavy (non-hydrogen) atoms. The highest BCUT2D eigenvalue weighted by Crippen LogP contribution is 2.27. The monoisotopic (exact) mass is 433 g/mol. The Labute approximate surface area is 189 Å². The number of benzene rings is 2. The molecule has 1 amide bonds. The van der Waals surface area contributed by atoms with E-state index in [2.05, 4.69) is 39.3 Å². The minimum absolute atomic E-state index is 0.0101. The van der Waals surface area contributed by atoms with Gasteiger partial charge in [-0.15, -0.1) is 0 Å². The van der Waals surface area contributed by atoms with E-state index in [1.54, 1.807) is 11.9 Å². The molecule has 7 heteroatoms. The summed E-state index contributed by atoms with van der Waals surface area (Å²) in [6.45, 7) is 11.0. The molecule has 2 aliphatic rings. The summed E-state index contributed by atoms with van der Waals surface area (Å²) in [7, 11) is 0. The van der Waals surface area contributed by atoms with E-state index in [1.807, 2.05) is 43.3 Å². The molecule has 0 radical (unpaired) electrons. The maximum absolute atomic E-state index is 13.0. The summed E-state index contributed by atoms with van der Waals surface area (Å²) in [5.41, 5.74) is 4.13. The van der Waals surface area contributed by atoms with Crippen LogP contribution in [0.1, 0.15) is 25.8 Å². The first kappa shape index (κ1) is 22.0. The Balaban J connectivity index is 1.46. The summed E-state index contributed by atoms with van der Waals surface area (Å²) >= 11 is 0. The van der Waals surface area contributed by atoms with Crippen LogP contribution in [0, 0.1) is 6.92 Å². The molecule has 0 spiro atoms. The van der Waals surface area contributed by atoms with Gasteiger partial charge in [0, 0.05) is 44.0 Å². The van der Waals surface area contributed by atoms with Crippen LogP contribution in [0.4, 0.5) is 17.1 Å². The Kier molecular flexibility index (Phi) is 6.55. The molecule has 1 atom stereocenters. The third kappa shape index (κ3) is 4.67. The fourth-order valence-corrected chi connectivity index (χ4v) is 4.28. The van der Waals surface area contributed by atoms with Gasteiger partial charge in [-0.05, 0) is 56.3 Å². The predicted molar refractivity (Wildman–Crippen MR) is 130 cm³/mol. The molecule has 0 bridgehead atoms. The molecule has 1 saturated heterocycles. The predicted octanol–water partition coefficient (Wildman–Crippen LogP) is 3.30. The summed E-state index contributed by atoms with van der Waals surface area (Å²) in [6.07, 6.45) is 0.300. The van der Waals surface area contributed by atoms with Crippen molar-refractivity contribution in [2.45, 2.75) is 33.2 Å². The van der Waals surface area contributed by atoms with Crippen LogP contribution < -0.4 is 15.2 Å². The number of ketones is 1. The van der Waals surface area contributed by atoms with Gasteiger partial charge in [-0.1, -0.05) is 25.1 Å². The van der Waals surface area contributed by atoms with Crippen molar-refractivity contribution in [1.82, 2.24) is 4.90 Å². The third-order valence-electron chi connectivity index (χ3n) is 6.31. The zero-order valence-electron chi connectivity index (χ0n) is 19.0. The molecule has 0 aromatic heterocycles. The van der Waals surface area contributed by atoms with Gasteiger partial charge in [-0.2, -0.15) is 5.10 Å². The number of nitrogens with one attached hydrogen (secondary N) is 1. The average molecular weight is 434 g/mol. The van der Waals surface area contributed by atoms with Crippen molar-refractivity contribution in [3.8, 4) is 0 Å². The molecule has 168 valence electrons. The number of hydrazone groups is 1. The van der Waals surface area contributed by atoms with E-state index >= 15 is 0 Å². The van der Waals surface area contributed by atoms with Crippen molar-refractivity contribution in [1.29, 1.82) is 0 Å². The van der Waals surface area contributed by atoms with E-state index in [9.17, 15) is 9.59 Å². The van der Waals surface area contributed by atoms with Gasteiger partial charge in [0.15, 0.2) is 5.78 Å². The molecule has 0 saturated carbocycles. The molecule has 2 aromatic carbocycles. The first-order valence-corrected chi connectivity index (χ1v) is 11.3. The van der Waals surface area contributed by atoms with Gasteiger partial charge in [-0.3, -0.25) is 14.6 Å². The zero-order chi connectivity index (χ0) is 22.7. The van der Waals surface area contributed by atoms with Gasteiger partial charge >= 0.3 is 0 Å². The first-order chi connectivity index (χ1) is 15.5. The fraction of sp³-hybridized carbons (Fsp3) is 0.400. The zero-order valence-corrected chi connectivity index (χ0v) is 19.0. The lowest BCUT2D eigenvalue weighted by Crippen LogP contribution is -2.46. The number of likely N-dealkylation sites (N-methyl/N-ethyl adjacent to an activating group) is 1. The van der Waals surface area contributed by atoms with Crippen LogP contribution in [0.2, 0.25) is 0 Å². The summed E-state index contributed by atoms with van der Waals surface area (Å²) in [4.78, 5) is 30.0. The summed E-state index contributed by atoms with van der Waals surface area (Å²) in [6, 6.07) is 15.2. The van der Waals surface area contributed by atoms with E-state index in [0.717, 1.165) is 49.7 Å². The highest BCUT2D eigenvalue weighted by molar-refractivity contribution is 6.44. The molecular weight excluding hydrogens is 402 g/mol. The number of Topliss-reactive ketones (excluding diaryl/α,β-unsaturated/α-hetero) is 1. The molecule has 1 fully saturated rings. The normalized spacial score (nSPS) is 19.1. The van der Waals surface area contributed by atoms with Crippen LogP contribution in [0.5, 0.6) is 0 Å². The van der Waals surface area contributed by atoms with Crippen molar-refractivity contribution in [2.24, 2.45) is 5.10 Å². The molecule has 2 heterocycles. The lowest BCUT2D eigenvalue weighted by Gasteiger charge is -2.35. The van der Waals surface area contributed by atoms with Crippen molar-refractivity contribution < 1.29 is 9.59 Å². The Morgan fingerprint density at radius 1 is 1.03 bits per heavy atom. The van der Waals surface area contributed by atoms with Crippen LogP contribution in [0.15, 0.2) is 53.6 Å². The second-order valence-corrected chi connectivity index (χ2v) is 8.43. The maximum atomic E-state index is 13.0. The van der Waals surface area contributed by atoms with Crippen LogP contribution in [0.25, 0.3) is 0 Å². The third-order valence-corrected chi connectivity index (χ3v) is 6.31. The lowest BCUT2D eigenvalue weighted by atomic mass is 10.1. The van der Waals surface area contributed by atoms with E-state index < -0.39 is 6.04 Å². The van der Waals surface area contributed by atoms with Gasteiger partial charge in [0.2, 0.25) is 0 Å². The Morgan fingerprint density at radius 3 is 2.38 bits per heavy atom. The second-order valence-electron chi connectivity index (χ2n) is 8.43. The van der Waals surface area contributed by atoms with Crippen molar-refractivity contribution >= 4 is 34.5 Å². The van der Waals surface area contributed by atoms with Crippen LogP contribution in [-0.4, -0.2) is 61.1 Å². The molecular formula is C25H31N5O2. The lowest BCUT2D eigenvalue weighted by molar-refractivity contribution is -0.118. The number of carbonyl (C=O) groups excluding carboxylic acids is 2. The largest absolute Gasteiger partial charge is 0.369 e. The number of para-hydroxylation sites is 1. The average Bonchev–Trinajstić information content (AvgIpc) is 3.27. The van der Waals surface area contributed by atoms with Crippen LogP contribution >= 0.6 is 0 Å². The van der Waals surface area contributed by atoms with E-state index in [-0.39, 0.29) is 11.7 Å². The number of hydrogen-bond donors (Lipinski definition) is 1. The quantitative estimate of drug-likeness (QED) is 0.757. The number of piperazine rings is 1. The number of rotatable bonds is 6. The standard InChI is InChI=1S/C25H31N5O2/c1-4-28-12-14-29(15-13-28)21-10-11-22(18(2)16-21)26-25(32)23-17-24(19(3)31)30(27-23)20-8-6-5-7-9-20/h5-11,16,24H,4,12-15,17H2,1-3H3,(H,26,32). The molecule has 4 rings (SSSR count). The molecule has 1 unspecified atom stereocenters.